The number of carbonyl (C=O) groups excluding carboxylic acids is 1. The predicted octanol–water partition coefficient (Wildman–Crippen LogP) is 3.76. The molecule has 0 saturated carbocycles. The molecule has 1 aliphatic rings. The van der Waals surface area contributed by atoms with Crippen LogP contribution >= 0.6 is 11.8 Å². The summed E-state index contributed by atoms with van der Waals surface area (Å²) in [6.07, 6.45) is 1.82. The molecule has 4 heteroatoms. The van der Waals surface area contributed by atoms with E-state index in [0.29, 0.717) is 4.91 Å². The molecule has 0 aliphatic carbocycles. The second-order valence-electron chi connectivity index (χ2n) is 4.44. The number of thioether (sulfide) groups is 1. The van der Waals surface area contributed by atoms with Gasteiger partial charge in [0.05, 0.1) is 12.0 Å². The number of nitrogens with zero attached hydrogens (tertiary/aromatic N) is 1. The van der Waals surface area contributed by atoms with Crippen LogP contribution in [0.2, 0.25) is 0 Å². The quantitative estimate of drug-likeness (QED) is 0.809. The summed E-state index contributed by atoms with van der Waals surface area (Å²) < 4.78 is 5.30. The van der Waals surface area contributed by atoms with Crippen LogP contribution in [0.1, 0.15) is 11.1 Å². The molecule has 0 bridgehead atoms. The molecule has 1 aliphatic heterocycles. The van der Waals surface area contributed by atoms with Gasteiger partial charge in [-0.25, -0.2) is 4.99 Å². The molecule has 1 heterocycles. The predicted molar refractivity (Wildman–Crippen MR) is 86.5 cm³/mol. The molecule has 1 amide bonds. The number of rotatable bonds is 3. The first-order valence-electron chi connectivity index (χ1n) is 6.49. The van der Waals surface area contributed by atoms with Crippen LogP contribution in [0.5, 0.6) is 5.75 Å². The van der Waals surface area contributed by atoms with Crippen molar-refractivity contribution in [2.24, 2.45) is 4.99 Å². The second kappa shape index (κ2) is 5.97. The van der Waals surface area contributed by atoms with E-state index in [9.17, 15) is 4.79 Å². The third kappa shape index (κ3) is 2.90. The molecule has 0 saturated heterocycles. The molecule has 0 unspecified atom stereocenters. The minimum absolute atomic E-state index is 0.204. The Bertz CT molecular complexity index is 735. The van der Waals surface area contributed by atoms with Crippen molar-refractivity contribution in [3.8, 4) is 5.75 Å². The Balaban J connectivity index is 1.90. The third-order valence-electron chi connectivity index (χ3n) is 3.07. The second-order valence-corrected chi connectivity index (χ2v) is 5.47. The standard InChI is InChI=1S/C17H13NO2S/c1-20-14-10-6-5-9-13(14)11-15-16(19)18-17(21-15)12-7-3-2-4-8-12/h2-11H,1H3. The Hall–Kier alpha value is -2.33. The summed E-state index contributed by atoms with van der Waals surface area (Å²) in [4.78, 5) is 16.8. The molecule has 2 aromatic rings. The number of aliphatic imine (C=N–C) groups is 1. The highest BCUT2D eigenvalue weighted by Crippen LogP contribution is 2.33. The first-order chi connectivity index (χ1) is 10.3. The van der Waals surface area contributed by atoms with Crippen LogP contribution in [0.25, 0.3) is 6.08 Å². The SMILES string of the molecule is COc1ccccc1C=C1SC(c2ccccc2)=NC1=O. The lowest BCUT2D eigenvalue weighted by Crippen LogP contribution is -1.90. The van der Waals surface area contributed by atoms with Crippen molar-refractivity contribution in [3.63, 3.8) is 0 Å². The van der Waals surface area contributed by atoms with Gasteiger partial charge in [-0.1, -0.05) is 60.3 Å². The van der Waals surface area contributed by atoms with Crippen molar-refractivity contribution >= 4 is 28.8 Å². The van der Waals surface area contributed by atoms with Crippen LogP contribution in [0.3, 0.4) is 0 Å². The Morgan fingerprint density at radius 1 is 1.05 bits per heavy atom. The molecule has 0 N–H and O–H groups in total. The van der Waals surface area contributed by atoms with E-state index in [1.165, 1.54) is 11.8 Å². The highest BCUT2D eigenvalue weighted by atomic mass is 32.2. The largest absolute Gasteiger partial charge is 0.496 e. The zero-order valence-electron chi connectivity index (χ0n) is 11.4. The number of methoxy groups -OCH3 is 1. The molecule has 3 nitrogen and oxygen atoms in total. The fraction of sp³-hybridized carbons (Fsp3) is 0.0588. The number of hydrogen-bond acceptors (Lipinski definition) is 3. The molecule has 2 aromatic carbocycles. The average molecular weight is 295 g/mol. The van der Waals surface area contributed by atoms with Gasteiger partial charge >= 0.3 is 0 Å². The van der Waals surface area contributed by atoms with Crippen molar-refractivity contribution in [2.45, 2.75) is 0 Å². The Kier molecular flexibility index (Phi) is 3.88. The summed E-state index contributed by atoms with van der Waals surface area (Å²) in [7, 11) is 1.62. The minimum Gasteiger partial charge on any atom is -0.496 e. The molecule has 0 atom stereocenters. The number of carbonyl (C=O) groups is 1. The average Bonchev–Trinajstić information content (AvgIpc) is 2.90. The van der Waals surface area contributed by atoms with Gasteiger partial charge in [0.1, 0.15) is 10.8 Å². The number of hydrogen-bond donors (Lipinski definition) is 0. The molecule has 0 spiro atoms. The smallest absolute Gasteiger partial charge is 0.284 e. The number of para-hydroxylation sites is 1. The third-order valence-corrected chi connectivity index (χ3v) is 4.10. The maximum atomic E-state index is 12.0. The van der Waals surface area contributed by atoms with Gasteiger partial charge in [-0.2, -0.15) is 0 Å². The number of ether oxygens (including phenoxy) is 1. The van der Waals surface area contributed by atoms with Gasteiger partial charge in [0.15, 0.2) is 0 Å². The van der Waals surface area contributed by atoms with Crippen molar-refractivity contribution in [2.75, 3.05) is 7.11 Å². The Morgan fingerprint density at radius 3 is 2.52 bits per heavy atom. The first kappa shape index (κ1) is 13.6. The highest BCUT2D eigenvalue weighted by molar-refractivity contribution is 8.19. The lowest BCUT2D eigenvalue weighted by Gasteiger charge is -2.04. The molecule has 3 rings (SSSR count). The maximum absolute atomic E-state index is 12.0. The summed E-state index contributed by atoms with van der Waals surface area (Å²) >= 11 is 1.39. The molecule has 0 aromatic heterocycles. The number of benzene rings is 2. The van der Waals surface area contributed by atoms with Crippen molar-refractivity contribution < 1.29 is 9.53 Å². The fourth-order valence-electron chi connectivity index (χ4n) is 2.04. The summed E-state index contributed by atoms with van der Waals surface area (Å²) in [5, 5.41) is 0.738. The van der Waals surface area contributed by atoms with E-state index in [-0.39, 0.29) is 5.91 Å². The minimum atomic E-state index is -0.204. The zero-order chi connectivity index (χ0) is 14.7. The van der Waals surface area contributed by atoms with E-state index in [0.717, 1.165) is 21.9 Å². The Morgan fingerprint density at radius 2 is 1.76 bits per heavy atom. The summed E-state index contributed by atoms with van der Waals surface area (Å²) in [5.41, 5.74) is 1.83. The lowest BCUT2D eigenvalue weighted by molar-refractivity contribution is -0.113. The van der Waals surface area contributed by atoms with E-state index in [1.54, 1.807) is 7.11 Å². The van der Waals surface area contributed by atoms with Crippen LogP contribution in [-0.2, 0) is 4.79 Å². The van der Waals surface area contributed by atoms with E-state index >= 15 is 0 Å². The summed E-state index contributed by atoms with van der Waals surface area (Å²) in [6.45, 7) is 0. The van der Waals surface area contributed by atoms with Crippen molar-refractivity contribution in [1.82, 2.24) is 0 Å². The fourth-order valence-corrected chi connectivity index (χ4v) is 2.95. The maximum Gasteiger partial charge on any atom is 0.284 e. The van der Waals surface area contributed by atoms with Gasteiger partial charge in [-0.3, -0.25) is 4.79 Å². The van der Waals surface area contributed by atoms with Gasteiger partial charge in [-0.05, 0) is 12.1 Å². The van der Waals surface area contributed by atoms with Crippen LogP contribution in [0.4, 0.5) is 0 Å². The van der Waals surface area contributed by atoms with E-state index in [1.807, 2.05) is 60.7 Å². The van der Waals surface area contributed by atoms with Crippen molar-refractivity contribution in [3.05, 3.63) is 70.6 Å². The molecule has 21 heavy (non-hydrogen) atoms. The monoisotopic (exact) mass is 295 g/mol. The first-order valence-corrected chi connectivity index (χ1v) is 7.30. The van der Waals surface area contributed by atoms with Crippen LogP contribution in [0, 0.1) is 0 Å². The molecular weight excluding hydrogens is 282 g/mol. The van der Waals surface area contributed by atoms with Crippen LogP contribution < -0.4 is 4.74 Å². The van der Waals surface area contributed by atoms with Gasteiger partial charge in [-0.15, -0.1) is 0 Å². The van der Waals surface area contributed by atoms with E-state index < -0.39 is 0 Å². The molecule has 0 radical (unpaired) electrons. The molecule has 104 valence electrons. The highest BCUT2D eigenvalue weighted by Gasteiger charge is 2.23. The van der Waals surface area contributed by atoms with Crippen molar-refractivity contribution in [1.29, 1.82) is 0 Å². The zero-order valence-corrected chi connectivity index (χ0v) is 12.3. The normalized spacial score (nSPS) is 16.1. The van der Waals surface area contributed by atoms with E-state index in [2.05, 4.69) is 4.99 Å². The lowest BCUT2D eigenvalue weighted by atomic mass is 10.2. The topological polar surface area (TPSA) is 38.7 Å². The van der Waals surface area contributed by atoms with Gasteiger partial charge < -0.3 is 4.74 Å². The van der Waals surface area contributed by atoms with Gasteiger partial charge in [0.2, 0.25) is 0 Å². The van der Waals surface area contributed by atoms with Gasteiger partial charge in [0.25, 0.3) is 5.91 Å². The molecule has 0 fully saturated rings. The number of amides is 1. The Labute approximate surface area is 127 Å². The summed E-state index contributed by atoms with van der Waals surface area (Å²) in [6, 6.07) is 17.3. The van der Waals surface area contributed by atoms with Crippen LogP contribution in [0.15, 0.2) is 64.5 Å². The summed E-state index contributed by atoms with van der Waals surface area (Å²) in [5.74, 6) is 0.538. The van der Waals surface area contributed by atoms with E-state index in [4.69, 9.17) is 4.74 Å². The van der Waals surface area contributed by atoms with Gasteiger partial charge in [0, 0.05) is 11.1 Å². The van der Waals surface area contributed by atoms with Crippen LogP contribution in [-0.4, -0.2) is 18.1 Å². The molecular formula is C17H13NO2S.